The first-order chi connectivity index (χ1) is 21.9. The minimum atomic E-state index is -1.82. The number of fused-ring (bicyclic) bond motifs is 1. The molecule has 1 aliphatic rings. The highest BCUT2D eigenvalue weighted by atomic mass is 32.1. The van der Waals surface area contributed by atoms with E-state index in [-0.39, 0.29) is 11.7 Å². The molecule has 1 amide bonds. The van der Waals surface area contributed by atoms with Crippen LogP contribution in [0.1, 0.15) is 34.0 Å². The van der Waals surface area contributed by atoms with E-state index in [2.05, 4.69) is 31.9 Å². The Morgan fingerprint density at radius 2 is 1.50 bits per heavy atom. The maximum absolute atomic E-state index is 13.4. The number of imidazole rings is 1. The summed E-state index contributed by atoms with van der Waals surface area (Å²) in [5.74, 6) is -5.93. The number of carboxylic acids is 4. The van der Waals surface area contributed by atoms with Gasteiger partial charge in [0.05, 0.1) is 11.0 Å². The van der Waals surface area contributed by atoms with Crippen LogP contribution in [0.4, 0.5) is 4.39 Å². The molecule has 2 aromatic heterocycles. The molecular formula is C30H32FN5O9S. The second-order valence-corrected chi connectivity index (χ2v) is 10.9. The third-order valence-electron chi connectivity index (χ3n) is 6.87. The largest absolute Gasteiger partial charge is 0.473 e. The van der Waals surface area contributed by atoms with Crippen LogP contribution < -0.4 is 5.32 Å². The van der Waals surface area contributed by atoms with E-state index in [4.69, 9.17) is 44.6 Å². The Hall–Kier alpha value is -5.22. The van der Waals surface area contributed by atoms with Gasteiger partial charge >= 0.3 is 23.9 Å². The highest BCUT2D eigenvalue weighted by Gasteiger charge is 2.22. The number of rotatable bonds is 8. The first kappa shape index (κ1) is 35.3. The zero-order valence-corrected chi connectivity index (χ0v) is 25.2. The summed E-state index contributed by atoms with van der Waals surface area (Å²) in [6.45, 7) is 4.23. The predicted molar refractivity (Wildman–Crippen MR) is 163 cm³/mol. The number of hydrogen-bond acceptors (Lipinski definition) is 9. The van der Waals surface area contributed by atoms with Crippen molar-refractivity contribution in [3.05, 3.63) is 82.3 Å². The Morgan fingerprint density at radius 1 is 0.891 bits per heavy atom. The quantitative estimate of drug-likeness (QED) is 0.173. The average molecular weight is 658 g/mol. The van der Waals surface area contributed by atoms with E-state index >= 15 is 0 Å². The Kier molecular flexibility index (Phi) is 13.3. The molecule has 1 fully saturated rings. The van der Waals surface area contributed by atoms with E-state index < -0.39 is 23.9 Å². The SMILES string of the molecule is O=C(NCCN1CCC(Cc2nc3ccccc3n2Cc2ccc(F)cc2)CC1)c1nccs1.O=C(O)C(=O)O.O=C(O)C(=O)O. The first-order valence-corrected chi connectivity index (χ1v) is 14.8. The Balaban J connectivity index is 0.000000410. The third kappa shape index (κ3) is 11.0. The number of carbonyl (C=O) groups is 5. The monoisotopic (exact) mass is 657 g/mol. The van der Waals surface area contributed by atoms with Crippen molar-refractivity contribution in [1.82, 2.24) is 24.8 Å². The van der Waals surface area contributed by atoms with Gasteiger partial charge in [-0.15, -0.1) is 11.3 Å². The average Bonchev–Trinajstić information content (AvgIpc) is 3.69. The summed E-state index contributed by atoms with van der Waals surface area (Å²) in [7, 11) is 0. The van der Waals surface area contributed by atoms with Gasteiger partial charge in [-0.25, -0.2) is 33.5 Å². The summed E-state index contributed by atoms with van der Waals surface area (Å²) in [4.78, 5) is 59.9. The summed E-state index contributed by atoms with van der Waals surface area (Å²) >= 11 is 1.36. The highest BCUT2D eigenvalue weighted by Crippen LogP contribution is 2.25. The smallest absolute Gasteiger partial charge is 0.414 e. The minimum absolute atomic E-state index is 0.0926. The van der Waals surface area contributed by atoms with Crippen LogP contribution in [0.15, 0.2) is 60.1 Å². The van der Waals surface area contributed by atoms with E-state index in [1.165, 1.54) is 23.5 Å². The molecule has 3 heterocycles. The topological polar surface area (TPSA) is 212 Å². The molecule has 0 aliphatic carbocycles. The number of benzene rings is 2. The van der Waals surface area contributed by atoms with Gasteiger partial charge in [0.2, 0.25) is 0 Å². The summed E-state index contributed by atoms with van der Waals surface area (Å²) < 4.78 is 15.7. The number of carboxylic acid groups (broad SMARTS) is 4. The van der Waals surface area contributed by atoms with Gasteiger partial charge in [0.15, 0.2) is 5.01 Å². The van der Waals surface area contributed by atoms with Gasteiger partial charge < -0.3 is 35.2 Å². The number of nitrogens with one attached hydrogen (secondary N) is 1. The maximum atomic E-state index is 13.4. The molecule has 0 spiro atoms. The first-order valence-electron chi connectivity index (χ1n) is 14.0. The van der Waals surface area contributed by atoms with E-state index in [0.29, 0.717) is 24.0 Å². The van der Waals surface area contributed by atoms with Crippen molar-refractivity contribution in [3.8, 4) is 0 Å². The zero-order chi connectivity index (χ0) is 33.6. The number of amides is 1. The highest BCUT2D eigenvalue weighted by molar-refractivity contribution is 7.11. The molecule has 0 radical (unpaired) electrons. The van der Waals surface area contributed by atoms with Crippen LogP contribution in [0.3, 0.4) is 0 Å². The van der Waals surface area contributed by atoms with Crippen molar-refractivity contribution in [2.24, 2.45) is 5.92 Å². The molecule has 46 heavy (non-hydrogen) atoms. The van der Waals surface area contributed by atoms with Gasteiger partial charge in [-0.2, -0.15) is 0 Å². The second-order valence-electron chi connectivity index (χ2n) is 10.0. The fourth-order valence-electron chi connectivity index (χ4n) is 4.64. The van der Waals surface area contributed by atoms with Crippen molar-refractivity contribution < 1.29 is 48.8 Å². The van der Waals surface area contributed by atoms with Crippen molar-refractivity contribution >= 4 is 52.2 Å². The van der Waals surface area contributed by atoms with Gasteiger partial charge in [-0.1, -0.05) is 24.3 Å². The molecule has 0 atom stereocenters. The van der Waals surface area contributed by atoms with Crippen molar-refractivity contribution in [2.45, 2.75) is 25.8 Å². The van der Waals surface area contributed by atoms with Crippen LogP contribution in [-0.4, -0.2) is 95.8 Å². The molecule has 14 nitrogen and oxygen atoms in total. The summed E-state index contributed by atoms with van der Waals surface area (Å²) in [5.41, 5.74) is 3.20. The lowest BCUT2D eigenvalue weighted by Crippen LogP contribution is -2.40. The number of para-hydroxylation sites is 2. The van der Waals surface area contributed by atoms with Crippen LogP contribution in [0.2, 0.25) is 0 Å². The minimum Gasteiger partial charge on any atom is -0.473 e. The number of halogens is 1. The van der Waals surface area contributed by atoms with E-state index in [1.54, 1.807) is 6.20 Å². The van der Waals surface area contributed by atoms with Gasteiger partial charge in [0.1, 0.15) is 11.6 Å². The molecule has 1 saturated heterocycles. The number of thiazole rings is 1. The van der Waals surface area contributed by atoms with E-state index in [0.717, 1.165) is 61.3 Å². The third-order valence-corrected chi connectivity index (χ3v) is 7.64. The van der Waals surface area contributed by atoms with Gasteiger partial charge in [0.25, 0.3) is 5.91 Å². The lowest BCUT2D eigenvalue weighted by molar-refractivity contribution is -0.159. The standard InChI is InChI=1S/C26H28FN5OS.2C2H2O4/c27-21-7-5-20(6-8-21)18-32-23-4-2-1-3-22(23)30-24(32)17-19-9-13-31(14-10-19)15-11-28-25(33)26-29-12-16-34-26;2*3-1(4)2(5)6/h1-8,12,16,19H,9-11,13-15,17-18H2,(H,28,33);2*(H,3,4)(H,5,6). The number of nitrogens with zero attached hydrogens (tertiary/aromatic N) is 4. The lowest BCUT2D eigenvalue weighted by atomic mass is 9.93. The molecule has 16 heteroatoms. The van der Waals surface area contributed by atoms with E-state index in [9.17, 15) is 9.18 Å². The van der Waals surface area contributed by atoms with Crippen molar-refractivity contribution in [3.63, 3.8) is 0 Å². The Bertz CT molecular complexity index is 1590. The molecule has 4 aromatic rings. The Morgan fingerprint density at radius 3 is 2.07 bits per heavy atom. The zero-order valence-electron chi connectivity index (χ0n) is 24.4. The number of hydrogen-bond donors (Lipinski definition) is 5. The molecule has 0 saturated carbocycles. The Labute approximate surface area is 265 Å². The number of aliphatic carboxylic acids is 4. The van der Waals surface area contributed by atoms with Gasteiger partial charge in [-0.3, -0.25) is 4.79 Å². The van der Waals surface area contributed by atoms with Gasteiger partial charge in [0, 0.05) is 37.6 Å². The van der Waals surface area contributed by atoms with Crippen LogP contribution >= 0.6 is 11.3 Å². The van der Waals surface area contributed by atoms with E-state index in [1.807, 2.05) is 29.6 Å². The maximum Gasteiger partial charge on any atom is 0.414 e. The summed E-state index contributed by atoms with van der Waals surface area (Å²) in [6, 6.07) is 15.0. The molecule has 0 unspecified atom stereocenters. The number of likely N-dealkylation sites (tertiary alicyclic amines) is 1. The second kappa shape index (κ2) is 17.3. The fraction of sp³-hybridized carbons (Fsp3) is 0.300. The molecule has 244 valence electrons. The predicted octanol–water partition coefficient (Wildman–Crippen LogP) is 2.68. The molecule has 1 aliphatic heterocycles. The summed E-state index contributed by atoms with van der Waals surface area (Å²) in [5, 5.41) is 34.9. The molecule has 5 N–H and O–H groups in total. The number of aromatic nitrogens is 3. The van der Waals surface area contributed by atoms with Crippen molar-refractivity contribution in [2.75, 3.05) is 26.2 Å². The molecule has 2 aromatic carbocycles. The molecule has 5 rings (SSSR count). The van der Waals surface area contributed by atoms with Crippen LogP contribution in [0, 0.1) is 11.7 Å². The lowest BCUT2D eigenvalue weighted by Gasteiger charge is -2.31. The van der Waals surface area contributed by atoms with Crippen LogP contribution in [0.25, 0.3) is 11.0 Å². The molecular weight excluding hydrogens is 625 g/mol. The molecule has 0 bridgehead atoms. The fourth-order valence-corrected chi connectivity index (χ4v) is 5.19. The number of piperidine rings is 1. The van der Waals surface area contributed by atoms with Gasteiger partial charge in [-0.05, 0) is 61.7 Å². The van der Waals surface area contributed by atoms with Crippen LogP contribution in [0.5, 0.6) is 0 Å². The van der Waals surface area contributed by atoms with Crippen LogP contribution in [-0.2, 0) is 32.1 Å². The normalized spacial score (nSPS) is 13.1. The summed E-state index contributed by atoms with van der Waals surface area (Å²) in [6.07, 6.45) is 4.81. The van der Waals surface area contributed by atoms with Crippen molar-refractivity contribution in [1.29, 1.82) is 0 Å². The number of carbonyl (C=O) groups excluding carboxylic acids is 1.